The van der Waals surface area contributed by atoms with Crippen molar-refractivity contribution in [3.8, 4) is 5.75 Å². The Kier molecular flexibility index (Phi) is 2.64. The molecule has 0 heterocycles. The van der Waals surface area contributed by atoms with Crippen LogP contribution in [0.15, 0.2) is 12.1 Å². The van der Waals surface area contributed by atoms with Gasteiger partial charge in [-0.15, -0.1) is 0 Å². The van der Waals surface area contributed by atoms with Crippen LogP contribution in [0.5, 0.6) is 5.75 Å². The van der Waals surface area contributed by atoms with E-state index in [2.05, 4.69) is 0 Å². The average Bonchev–Trinajstić information content (AvgIpc) is 3.11. The fourth-order valence-electron chi connectivity index (χ4n) is 1.92. The van der Waals surface area contributed by atoms with E-state index in [1.54, 1.807) is 7.11 Å². The maximum atomic E-state index is 7.80. The first-order valence-corrected chi connectivity index (χ1v) is 5.24. The second kappa shape index (κ2) is 3.96. The van der Waals surface area contributed by atoms with E-state index in [4.69, 9.17) is 21.3 Å². The summed E-state index contributed by atoms with van der Waals surface area (Å²) < 4.78 is 5.25. The van der Waals surface area contributed by atoms with Gasteiger partial charge in [-0.3, -0.25) is 5.41 Å². The molecule has 1 aliphatic rings. The van der Waals surface area contributed by atoms with Crippen molar-refractivity contribution in [2.24, 2.45) is 0 Å². The van der Waals surface area contributed by atoms with E-state index in [0.717, 1.165) is 24.6 Å². The van der Waals surface area contributed by atoms with Crippen molar-refractivity contribution < 1.29 is 4.74 Å². The molecule has 84 valence electrons. The second-order valence-corrected chi connectivity index (χ2v) is 3.98. The van der Waals surface area contributed by atoms with Crippen molar-refractivity contribution in [1.29, 1.82) is 10.8 Å². The Balaban J connectivity index is 2.61. The van der Waals surface area contributed by atoms with Crippen LogP contribution in [0.1, 0.15) is 29.9 Å². The minimum atomic E-state index is 0.158. The molecule has 16 heavy (non-hydrogen) atoms. The van der Waals surface area contributed by atoms with Crippen LogP contribution < -0.4 is 10.5 Å². The van der Waals surface area contributed by atoms with Gasteiger partial charge >= 0.3 is 0 Å². The van der Waals surface area contributed by atoms with Gasteiger partial charge in [0.25, 0.3) is 0 Å². The lowest BCUT2D eigenvalue weighted by atomic mass is 9.97. The Labute approximate surface area is 94.4 Å². The second-order valence-electron chi connectivity index (χ2n) is 3.98. The van der Waals surface area contributed by atoms with Crippen molar-refractivity contribution >= 4 is 17.6 Å². The van der Waals surface area contributed by atoms with Crippen LogP contribution in [0.3, 0.4) is 0 Å². The van der Waals surface area contributed by atoms with Gasteiger partial charge in [-0.2, -0.15) is 0 Å². The molecule has 0 saturated heterocycles. The maximum absolute atomic E-state index is 7.80. The van der Waals surface area contributed by atoms with Crippen LogP contribution in [0, 0.1) is 10.8 Å². The number of hydrogen-bond acceptors (Lipinski definition) is 4. The maximum Gasteiger partial charge on any atom is 0.151 e. The number of anilines is 1. The van der Waals surface area contributed by atoms with E-state index in [1.165, 1.54) is 0 Å². The van der Waals surface area contributed by atoms with Gasteiger partial charge in [0.05, 0.1) is 18.5 Å². The van der Waals surface area contributed by atoms with Gasteiger partial charge in [-0.25, -0.2) is 0 Å². The normalized spacial score (nSPS) is 14.6. The lowest BCUT2D eigenvalue weighted by Gasteiger charge is -2.14. The van der Waals surface area contributed by atoms with Crippen molar-refractivity contribution in [2.45, 2.75) is 18.8 Å². The molecule has 2 rings (SSSR count). The number of methoxy groups -OCH3 is 1. The summed E-state index contributed by atoms with van der Waals surface area (Å²) in [6, 6.07) is 3.76. The molecule has 1 saturated carbocycles. The molecule has 0 spiro atoms. The fourth-order valence-corrected chi connectivity index (χ4v) is 1.92. The smallest absolute Gasteiger partial charge is 0.151 e. The number of benzene rings is 1. The third-order valence-electron chi connectivity index (χ3n) is 2.86. The number of ether oxygens (including phenoxy) is 1. The van der Waals surface area contributed by atoms with Gasteiger partial charge in [0.1, 0.15) is 0 Å². The summed E-state index contributed by atoms with van der Waals surface area (Å²) in [7, 11) is 1.54. The highest BCUT2D eigenvalue weighted by atomic mass is 16.5. The predicted molar refractivity (Wildman–Crippen MR) is 65.0 cm³/mol. The van der Waals surface area contributed by atoms with Crippen LogP contribution in [-0.4, -0.2) is 19.0 Å². The van der Waals surface area contributed by atoms with Gasteiger partial charge in [0, 0.05) is 11.8 Å². The quantitative estimate of drug-likeness (QED) is 0.533. The molecule has 4 heteroatoms. The Bertz CT molecular complexity index is 450. The molecule has 0 aliphatic heterocycles. The first-order valence-electron chi connectivity index (χ1n) is 5.24. The standard InChI is InChI=1S/C12H15N3O/c1-16-12-9(14)5-4-8(7-2-3-7)11(12)10(15)6-13/h4-7,13,15H,2-3,14H2,1H3. The topological polar surface area (TPSA) is 83.0 Å². The molecular formula is C12H15N3O. The molecule has 4 N–H and O–H groups in total. The minimum Gasteiger partial charge on any atom is -0.494 e. The highest BCUT2D eigenvalue weighted by molar-refractivity contribution is 6.37. The van der Waals surface area contributed by atoms with E-state index < -0.39 is 0 Å². The highest BCUT2D eigenvalue weighted by Crippen LogP contribution is 2.45. The van der Waals surface area contributed by atoms with Gasteiger partial charge < -0.3 is 15.9 Å². The van der Waals surface area contributed by atoms with Crippen molar-refractivity contribution in [1.82, 2.24) is 0 Å². The molecule has 1 aromatic rings. The van der Waals surface area contributed by atoms with E-state index >= 15 is 0 Å². The minimum absolute atomic E-state index is 0.158. The van der Waals surface area contributed by atoms with Crippen LogP contribution in [0.25, 0.3) is 0 Å². The van der Waals surface area contributed by atoms with Crippen LogP contribution >= 0.6 is 0 Å². The predicted octanol–water partition coefficient (Wildman–Crippen LogP) is 2.17. The first kappa shape index (κ1) is 10.7. The molecule has 1 fully saturated rings. The van der Waals surface area contributed by atoms with Crippen molar-refractivity contribution in [2.75, 3.05) is 12.8 Å². The molecule has 0 bridgehead atoms. The summed E-state index contributed by atoms with van der Waals surface area (Å²) in [5, 5.41) is 15.0. The Morgan fingerprint density at radius 1 is 1.50 bits per heavy atom. The zero-order chi connectivity index (χ0) is 11.7. The molecule has 4 nitrogen and oxygen atoms in total. The number of nitrogens with two attached hydrogens (primary N) is 1. The summed E-state index contributed by atoms with van der Waals surface area (Å²) in [6.45, 7) is 0. The Morgan fingerprint density at radius 2 is 2.19 bits per heavy atom. The zero-order valence-electron chi connectivity index (χ0n) is 9.21. The van der Waals surface area contributed by atoms with E-state index in [9.17, 15) is 0 Å². The van der Waals surface area contributed by atoms with E-state index in [1.807, 2.05) is 12.1 Å². The fraction of sp³-hybridized carbons (Fsp3) is 0.333. The van der Waals surface area contributed by atoms with Crippen LogP contribution in [0.4, 0.5) is 5.69 Å². The SMILES string of the molecule is COc1c(N)ccc(C2CC2)c1C(=N)C=N. The van der Waals surface area contributed by atoms with Crippen LogP contribution in [-0.2, 0) is 0 Å². The highest BCUT2D eigenvalue weighted by Gasteiger charge is 2.29. The summed E-state index contributed by atoms with van der Waals surface area (Å²) in [6.07, 6.45) is 3.32. The molecule has 0 aromatic heterocycles. The molecule has 1 aliphatic carbocycles. The number of hydrogen-bond donors (Lipinski definition) is 3. The molecular weight excluding hydrogens is 202 g/mol. The molecule has 0 amide bonds. The summed E-state index contributed by atoms with van der Waals surface area (Å²) >= 11 is 0. The molecule has 1 aromatic carbocycles. The van der Waals surface area contributed by atoms with Crippen molar-refractivity contribution in [3.05, 3.63) is 23.3 Å². The molecule has 0 unspecified atom stereocenters. The lowest BCUT2D eigenvalue weighted by molar-refractivity contribution is 0.415. The van der Waals surface area contributed by atoms with Gasteiger partial charge in [0.15, 0.2) is 5.75 Å². The molecule has 0 radical (unpaired) electrons. The summed E-state index contributed by atoms with van der Waals surface area (Å²) in [4.78, 5) is 0. The van der Waals surface area contributed by atoms with Gasteiger partial charge in [0.2, 0.25) is 0 Å². The molecule has 0 atom stereocenters. The average molecular weight is 217 g/mol. The number of nitrogen functional groups attached to an aromatic ring is 1. The van der Waals surface area contributed by atoms with Crippen molar-refractivity contribution in [3.63, 3.8) is 0 Å². The van der Waals surface area contributed by atoms with Crippen LogP contribution in [0.2, 0.25) is 0 Å². The summed E-state index contributed by atoms with van der Waals surface area (Å²) in [5.74, 6) is 1.03. The largest absolute Gasteiger partial charge is 0.494 e. The van der Waals surface area contributed by atoms with Gasteiger partial charge in [-0.1, -0.05) is 6.07 Å². The lowest BCUT2D eigenvalue weighted by Crippen LogP contribution is -2.08. The number of rotatable bonds is 4. The Morgan fingerprint density at radius 3 is 2.69 bits per heavy atom. The third-order valence-corrected chi connectivity index (χ3v) is 2.86. The van der Waals surface area contributed by atoms with E-state index in [0.29, 0.717) is 22.9 Å². The summed E-state index contributed by atoms with van der Waals surface area (Å²) in [5.41, 5.74) is 8.26. The first-order chi connectivity index (χ1) is 7.69. The van der Waals surface area contributed by atoms with Gasteiger partial charge in [-0.05, 0) is 30.4 Å². The number of nitrogens with one attached hydrogen (secondary N) is 2. The zero-order valence-corrected chi connectivity index (χ0v) is 9.21. The third kappa shape index (κ3) is 1.66. The van der Waals surface area contributed by atoms with E-state index in [-0.39, 0.29) is 5.71 Å². The Hall–Kier alpha value is -1.84. The monoisotopic (exact) mass is 217 g/mol.